The van der Waals surface area contributed by atoms with Crippen LogP contribution in [0, 0.1) is 0 Å². The van der Waals surface area contributed by atoms with E-state index < -0.39 is 0 Å². The molecule has 0 aliphatic heterocycles. The Labute approximate surface area is 67.0 Å². The Hall–Kier alpha value is -1.18. The second-order valence-electron chi connectivity index (χ2n) is 2.29. The largest absolute Gasteiger partial charge is 0.261 e. The van der Waals surface area contributed by atoms with Gasteiger partial charge < -0.3 is 0 Å². The molecule has 11 heavy (non-hydrogen) atoms. The highest BCUT2D eigenvalue weighted by molar-refractivity contribution is 5.42. The SMILES string of the molecule is C/C=C/c1cncc(CC)n1. The quantitative estimate of drug-likeness (QED) is 0.641. The van der Waals surface area contributed by atoms with E-state index in [0.29, 0.717) is 0 Å². The molecule has 0 radical (unpaired) electrons. The molecule has 0 N–H and O–H groups in total. The fourth-order valence-corrected chi connectivity index (χ4v) is 0.845. The Morgan fingerprint density at radius 1 is 1.45 bits per heavy atom. The maximum absolute atomic E-state index is 4.33. The number of nitrogens with zero attached hydrogens (tertiary/aromatic N) is 2. The molecule has 1 aromatic rings. The summed E-state index contributed by atoms with van der Waals surface area (Å²) in [7, 11) is 0. The number of hydrogen-bond donors (Lipinski definition) is 0. The van der Waals surface area contributed by atoms with Crippen molar-refractivity contribution in [2.45, 2.75) is 20.3 Å². The molecular formula is C9H12N2. The van der Waals surface area contributed by atoms with Gasteiger partial charge in [0.2, 0.25) is 0 Å². The highest BCUT2D eigenvalue weighted by Crippen LogP contribution is 1.98. The zero-order chi connectivity index (χ0) is 8.10. The van der Waals surface area contributed by atoms with Crippen LogP contribution in [0.5, 0.6) is 0 Å². The van der Waals surface area contributed by atoms with Gasteiger partial charge in [-0.05, 0) is 19.4 Å². The molecule has 2 heteroatoms. The Kier molecular flexibility index (Phi) is 2.78. The Balaban J connectivity index is 2.91. The van der Waals surface area contributed by atoms with Gasteiger partial charge in [-0.1, -0.05) is 13.0 Å². The third-order valence-electron chi connectivity index (χ3n) is 1.40. The molecule has 0 saturated heterocycles. The molecule has 58 valence electrons. The predicted octanol–water partition coefficient (Wildman–Crippen LogP) is 2.07. The van der Waals surface area contributed by atoms with Gasteiger partial charge in [0.05, 0.1) is 17.6 Å². The monoisotopic (exact) mass is 148 g/mol. The van der Waals surface area contributed by atoms with Crippen LogP contribution in [0.3, 0.4) is 0 Å². The van der Waals surface area contributed by atoms with Crippen LogP contribution in [0.2, 0.25) is 0 Å². The molecule has 1 heterocycles. The van der Waals surface area contributed by atoms with Crippen molar-refractivity contribution >= 4 is 6.08 Å². The Morgan fingerprint density at radius 2 is 2.27 bits per heavy atom. The van der Waals surface area contributed by atoms with E-state index in [1.54, 1.807) is 12.4 Å². The van der Waals surface area contributed by atoms with Crippen LogP contribution in [0.25, 0.3) is 6.08 Å². The third kappa shape index (κ3) is 2.15. The van der Waals surface area contributed by atoms with Crippen LogP contribution in [0.1, 0.15) is 25.2 Å². The molecule has 0 aliphatic carbocycles. The number of hydrogen-bond acceptors (Lipinski definition) is 2. The van der Waals surface area contributed by atoms with E-state index in [1.165, 1.54) is 0 Å². The number of aromatic nitrogens is 2. The zero-order valence-corrected chi connectivity index (χ0v) is 6.91. The van der Waals surface area contributed by atoms with Crippen molar-refractivity contribution in [2.24, 2.45) is 0 Å². The summed E-state index contributed by atoms with van der Waals surface area (Å²) in [6.45, 7) is 4.05. The zero-order valence-electron chi connectivity index (χ0n) is 6.91. The van der Waals surface area contributed by atoms with Crippen molar-refractivity contribution in [2.75, 3.05) is 0 Å². The minimum atomic E-state index is 0.937. The third-order valence-corrected chi connectivity index (χ3v) is 1.40. The summed E-state index contributed by atoms with van der Waals surface area (Å²) in [6, 6.07) is 0. The first-order valence-corrected chi connectivity index (χ1v) is 3.80. The van der Waals surface area contributed by atoms with E-state index in [1.807, 2.05) is 19.1 Å². The molecule has 0 unspecified atom stereocenters. The maximum Gasteiger partial charge on any atom is 0.0812 e. The first kappa shape index (κ1) is 7.92. The summed E-state index contributed by atoms with van der Waals surface area (Å²) in [4.78, 5) is 8.39. The average molecular weight is 148 g/mol. The van der Waals surface area contributed by atoms with Crippen LogP contribution in [-0.4, -0.2) is 9.97 Å². The maximum atomic E-state index is 4.33. The first-order chi connectivity index (χ1) is 5.36. The van der Waals surface area contributed by atoms with Crippen molar-refractivity contribution in [3.05, 3.63) is 29.9 Å². The van der Waals surface area contributed by atoms with Gasteiger partial charge in [0.15, 0.2) is 0 Å². The summed E-state index contributed by atoms with van der Waals surface area (Å²) in [5, 5.41) is 0. The van der Waals surface area contributed by atoms with Crippen LogP contribution >= 0.6 is 0 Å². The molecule has 0 atom stereocenters. The van der Waals surface area contributed by atoms with Gasteiger partial charge in [-0.3, -0.25) is 9.97 Å². The van der Waals surface area contributed by atoms with Gasteiger partial charge in [-0.2, -0.15) is 0 Å². The second-order valence-corrected chi connectivity index (χ2v) is 2.29. The lowest BCUT2D eigenvalue weighted by Crippen LogP contribution is -1.90. The van der Waals surface area contributed by atoms with Gasteiger partial charge in [0.25, 0.3) is 0 Å². The van der Waals surface area contributed by atoms with Crippen LogP contribution < -0.4 is 0 Å². The second kappa shape index (κ2) is 3.86. The molecule has 1 aromatic heterocycles. The summed E-state index contributed by atoms with van der Waals surface area (Å²) >= 11 is 0. The molecule has 0 fully saturated rings. The molecular weight excluding hydrogens is 136 g/mol. The van der Waals surface area contributed by atoms with Gasteiger partial charge in [0.1, 0.15) is 0 Å². The highest BCUT2D eigenvalue weighted by Gasteiger charge is 1.91. The summed E-state index contributed by atoms with van der Waals surface area (Å²) in [5.74, 6) is 0. The number of rotatable bonds is 2. The standard InChI is InChI=1S/C9H12N2/c1-3-5-9-7-10-6-8(4-2)11-9/h3,5-7H,4H2,1-2H3/b5-3+. The van der Waals surface area contributed by atoms with E-state index in [-0.39, 0.29) is 0 Å². The topological polar surface area (TPSA) is 25.8 Å². The smallest absolute Gasteiger partial charge is 0.0812 e. The van der Waals surface area contributed by atoms with Crippen molar-refractivity contribution in [1.29, 1.82) is 0 Å². The normalized spacial score (nSPS) is 10.7. The van der Waals surface area contributed by atoms with E-state index in [4.69, 9.17) is 0 Å². The van der Waals surface area contributed by atoms with Gasteiger partial charge in [-0.25, -0.2) is 0 Å². The van der Waals surface area contributed by atoms with E-state index in [9.17, 15) is 0 Å². The summed E-state index contributed by atoms with van der Waals surface area (Å²) in [6.07, 6.45) is 8.42. The van der Waals surface area contributed by atoms with Crippen molar-refractivity contribution in [1.82, 2.24) is 9.97 Å². The minimum absolute atomic E-state index is 0.937. The van der Waals surface area contributed by atoms with Gasteiger partial charge in [-0.15, -0.1) is 0 Å². The fourth-order valence-electron chi connectivity index (χ4n) is 0.845. The summed E-state index contributed by atoms with van der Waals surface area (Å²) < 4.78 is 0. The van der Waals surface area contributed by atoms with E-state index in [0.717, 1.165) is 17.8 Å². The molecule has 2 nitrogen and oxygen atoms in total. The molecule has 0 bridgehead atoms. The molecule has 0 saturated carbocycles. The fraction of sp³-hybridized carbons (Fsp3) is 0.333. The molecule has 0 amide bonds. The lowest BCUT2D eigenvalue weighted by molar-refractivity contribution is 0.991. The summed E-state index contributed by atoms with van der Waals surface area (Å²) in [5.41, 5.74) is 1.98. The number of allylic oxidation sites excluding steroid dienone is 1. The van der Waals surface area contributed by atoms with E-state index >= 15 is 0 Å². The van der Waals surface area contributed by atoms with Crippen molar-refractivity contribution in [3.63, 3.8) is 0 Å². The number of aryl methyl sites for hydroxylation is 1. The van der Waals surface area contributed by atoms with Gasteiger partial charge >= 0.3 is 0 Å². The first-order valence-electron chi connectivity index (χ1n) is 3.80. The predicted molar refractivity (Wildman–Crippen MR) is 46.1 cm³/mol. The average Bonchev–Trinajstić information content (AvgIpc) is 2.06. The van der Waals surface area contributed by atoms with Crippen LogP contribution in [0.4, 0.5) is 0 Å². The highest BCUT2D eigenvalue weighted by atomic mass is 14.8. The lowest BCUT2D eigenvalue weighted by Gasteiger charge is -1.95. The Bertz CT molecular complexity index is 253. The molecule has 0 aliphatic rings. The van der Waals surface area contributed by atoms with Crippen LogP contribution in [0.15, 0.2) is 18.5 Å². The van der Waals surface area contributed by atoms with Crippen molar-refractivity contribution < 1.29 is 0 Å². The van der Waals surface area contributed by atoms with E-state index in [2.05, 4.69) is 16.9 Å². The molecule has 0 aromatic carbocycles. The van der Waals surface area contributed by atoms with Crippen LogP contribution in [-0.2, 0) is 6.42 Å². The van der Waals surface area contributed by atoms with Crippen molar-refractivity contribution in [3.8, 4) is 0 Å². The van der Waals surface area contributed by atoms with Gasteiger partial charge in [0, 0.05) is 6.20 Å². The lowest BCUT2D eigenvalue weighted by atomic mass is 10.3. The Morgan fingerprint density at radius 3 is 2.91 bits per heavy atom. The minimum Gasteiger partial charge on any atom is -0.261 e. The molecule has 1 rings (SSSR count). The molecule has 0 spiro atoms.